The van der Waals surface area contributed by atoms with Gasteiger partial charge in [0.25, 0.3) is 0 Å². The van der Waals surface area contributed by atoms with Gasteiger partial charge in [-0.1, -0.05) is 12.1 Å². The molecular formula is C17H22N4O2. The van der Waals surface area contributed by atoms with Crippen LogP contribution in [0.15, 0.2) is 42.7 Å². The number of aromatic nitrogens is 2. The molecular weight excluding hydrogens is 292 g/mol. The molecule has 1 fully saturated rings. The molecule has 23 heavy (non-hydrogen) atoms. The number of amides is 2. The first-order valence-corrected chi connectivity index (χ1v) is 7.96. The van der Waals surface area contributed by atoms with Crippen LogP contribution in [0.2, 0.25) is 0 Å². The maximum Gasteiger partial charge on any atom is 0.315 e. The van der Waals surface area contributed by atoms with Crippen molar-refractivity contribution < 1.29 is 9.90 Å². The van der Waals surface area contributed by atoms with Gasteiger partial charge in [-0.2, -0.15) is 5.10 Å². The Balaban J connectivity index is 1.56. The molecule has 0 spiro atoms. The fourth-order valence-corrected chi connectivity index (χ4v) is 2.53. The lowest BCUT2D eigenvalue weighted by Crippen LogP contribution is -2.41. The van der Waals surface area contributed by atoms with Crippen LogP contribution in [-0.4, -0.2) is 33.6 Å². The number of rotatable bonds is 6. The fraction of sp³-hybridized carbons (Fsp3) is 0.412. The van der Waals surface area contributed by atoms with Gasteiger partial charge in [-0.15, -0.1) is 0 Å². The number of nitrogens with one attached hydrogen (secondary N) is 2. The van der Waals surface area contributed by atoms with E-state index in [2.05, 4.69) is 15.7 Å². The molecule has 2 atom stereocenters. The van der Waals surface area contributed by atoms with Crippen LogP contribution in [0.5, 0.6) is 0 Å². The quantitative estimate of drug-likeness (QED) is 0.763. The third-order valence-corrected chi connectivity index (χ3v) is 4.12. The summed E-state index contributed by atoms with van der Waals surface area (Å²) in [6, 6.07) is 9.35. The molecule has 1 aliphatic carbocycles. The highest BCUT2D eigenvalue weighted by atomic mass is 16.3. The van der Waals surface area contributed by atoms with Crippen LogP contribution >= 0.6 is 0 Å². The van der Waals surface area contributed by atoms with Crippen molar-refractivity contribution in [2.24, 2.45) is 5.92 Å². The Morgan fingerprint density at radius 2 is 2.26 bits per heavy atom. The highest BCUT2D eigenvalue weighted by Gasteiger charge is 2.29. The molecule has 0 radical (unpaired) electrons. The van der Waals surface area contributed by atoms with Crippen LogP contribution < -0.4 is 10.6 Å². The molecule has 0 aliphatic heterocycles. The van der Waals surface area contributed by atoms with E-state index in [4.69, 9.17) is 0 Å². The van der Waals surface area contributed by atoms with Crippen molar-refractivity contribution in [2.45, 2.75) is 31.9 Å². The number of benzene rings is 1. The van der Waals surface area contributed by atoms with Crippen molar-refractivity contribution in [3.63, 3.8) is 0 Å². The first kappa shape index (κ1) is 15.6. The summed E-state index contributed by atoms with van der Waals surface area (Å²) in [5.41, 5.74) is 1.95. The Kier molecular flexibility index (Phi) is 4.62. The van der Waals surface area contributed by atoms with Crippen molar-refractivity contribution in [1.29, 1.82) is 0 Å². The van der Waals surface area contributed by atoms with Crippen LogP contribution in [0.4, 0.5) is 4.79 Å². The number of carbonyl (C=O) groups is 1. The average molecular weight is 314 g/mol. The van der Waals surface area contributed by atoms with E-state index < -0.39 is 6.10 Å². The van der Waals surface area contributed by atoms with E-state index in [1.807, 2.05) is 43.5 Å². The van der Waals surface area contributed by atoms with Crippen LogP contribution in [0.25, 0.3) is 5.69 Å². The molecule has 1 aromatic carbocycles. The standard InChI is InChI=1S/C17H22N4O2/c1-12(20-17(23)18-11-16(22)13-6-7-13)14-4-2-5-15(10-14)21-9-3-8-19-21/h2-5,8-10,12-13,16,22H,6-7,11H2,1H3,(H2,18,20,23)/t12-,16+/m1/s1. The maximum atomic E-state index is 11.9. The van der Waals surface area contributed by atoms with Crippen molar-refractivity contribution in [3.8, 4) is 5.69 Å². The lowest BCUT2D eigenvalue weighted by atomic mass is 10.1. The van der Waals surface area contributed by atoms with Gasteiger partial charge in [-0.25, -0.2) is 9.48 Å². The molecule has 3 N–H and O–H groups in total. The third-order valence-electron chi connectivity index (χ3n) is 4.12. The van der Waals surface area contributed by atoms with Crippen molar-refractivity contribution in [1.82, 2.24) is 20.4 Å². The van der Waals surface area contributed by atoms with Gasteiger partial charge in [0.15, 0.2) is 0 Å². The zero-order valence-electron chi connectivity index (χ0n) is 13.1. The monoisotopic (exact) mass is 314 g/mol. The molecule has 2 aromatic rings. The first-order valence-electron chi connectivity index (χ1n) is 7.96. The minimum absolute atomic E-state index is 0.136. The zero-order valence-corrected chi connectivity index (χ0v) is 13.1. The molecule has 6 heteroatoms. The molecule has 1 heterocycles. The highest BCUT2D eigenvalue weighted by molar-refractivity contribution is 5.74. The van der Waals surface area contributed by atoms with Gasteiger partial charge in [0.2, 0.25) is 0 Å². The first-order chi connectivity index (χ1) is 11.1. The molecule has 6 nitrogen and oxygen atoms in total. The van der Waals surface area contributed by atoms with Gasteiger partial charge >= 0.3 is 6.03 Å². The molecule has 1 saturated carbocycles. The SMILES string of the molecule is C[C@@H](NC(=O)NC[C@H](O)C1CC1)c1cccc(-n2cccn2)c1. The number of urea groups is 1. The van der Waals surface area contributed by atoms with Crippen molar-refractivity contribution in [3.05, 3.63) is 48.3 Å². The average Bonchev–Trinajstić information content (AvgIpc) is 3.27. The highest BCUT2D eigenvalue weighted by Crippen LogP contribution is 2.32. The number of hydrogen-bond donors (Lipinski definition) is 3. The molecule has 1 aromatic heterocycles. The second-order valence-corrected chi connectivity index (χ2v) is 6.03. The summed E-state index contributed by atoms with van der Waals surface area (Å²) in [5, 5.41) is 19.6. The lowest BCUT2D eigenvalue weighted by Gasteiger charge is -2.17. The third kappa shape index (κ3) is 4.10. The summed E-state index contributed by atoms with van der Waals surface area (Å²) in [4.78, 5) is 11.9. The van der Waals surface area contributed by atoms with Gasteiger partial charge in [-0.3, -0.25) is 0 Å². The fourth-order valence-electron chi connectivity index (χ4n) is 2.53. The predicted molar refractivity (Wildman–Crippen MR) is 87.2 cm³/mol. The molecule has 0 saturated heterocycles. The molecule has 1 aliphatic rings. The van der Waals surface area contributed by atoms with Crippen molar-refractivity contribution in [2.75, 3.05) is 6.54 Å². The minimum Gasteiger partial charge on any atom is -0.391 e. The second kappa shape index (κ2) is 6.83. The number of aliphatic hydroxyl groups is 1. The Bertz CT molecular complexity index is 652. The summed E-state index contributed by atoms with van der Waals surface area (Å²) in [6.07, 6.45) is 5.29. The largest absolute Gasteiger partial charge is 0.391 e. The number of nitrogens with zero attached hydrogens (tertiary/aromatic N) is 2. The Morgan fingerprint density at radius 1 is 1.43 bits per heavy atom. The number of hydrogen-bond acceptors (Lipinski definition) is 3. The Hall–Kier alpha value is -2.34. The Morgan fingerprint density at radius 3 is 2.96 bits per heavy atom. The predicted octanol–water partition coefficient (Wildman–Crippen LogP) is 2.00. The van der Waals surface area contributed by atoms with Crippen LogP contribution in [-0.2, 0) is 0 Å². The summed E-state index contributed by atoms with van der Waals surface area (Å²) in [7, 11) is 0. The molecule has 0 bridgehead atoms. The van der Waals surface area contributed by atoms with Crippen LogP contribution in [0.3, 0.4) is 0 Å². The van der Waals surface area contributed by atoms with Gasteiger partial charge in [0.1, 0.15) is 0 Å². The molecule has 3 rings (SSSR count). The lowest BCUT2D eigenvalue weighted by molar-refractivity contribution is 0.149. The van der Waals surface area contributed by atoms with E-state index in [1.54, 1.807) is 10.9 Å². The zero-order chi connectivity index (χ0) is 16.2. The van der Waals surface area contributed by atoms with Gasteiger partial charge in [-0.05, 0) is 49.4 Å². The normalized spacial score (nSPS) is 16.6. The minimum atomic E-state index is -0.431. The van der Waals surface area contributed by atoms with Crippen LogP contribution in [0.1, 0.15) is 31.4 Å². The van der Waals surface area contributed by atoms with E-state index >= 15 is 0 Å². The second-order valence-electron chi connectivity index (χ2n) is 6.03. The van der Waals surface area contributed by atoms with E-state index in [0.29, 0.717) is 12.5 Å². The molecule has 122 valence electrons. The van der Waals surface area contributed by atoms with E-state index in [1.165, 1.54) is 0 Å². The van der Waals surface area contributed by atoms with Gasteiger partial charge in [0, 0.05) is 18.9 Å². The smallest absolute Gasteiger partial charge is 0.315 e. The number of carbonyl (C=O) groups excluding carboxylic acids is 1. The van der Waals surface area contributed by atoms with Crippen molar-refractivity contribution >= 4 is 6.03 Å². The summed E-state index contributed by atoms with van der Waals surface area (Å²) < 4.78 is 1.78. The van der Waals surface area contributed by atoms with Gasteiger partial charge < -0.3 is 15.7 Å². The summed E-state index contributed by atoms with van der Waals surface area (Å²) in [6.45, 7) is 2.23. The summed E-state index contributed by atoms with van der Waals surface area (Å²) in [5.74, 6) is 0.360. The van der Waals surface area contributed by atoms with E-state index in [-0.39, 0.29) is 12.1 Å². The van der Waals surface area contributed by atoms with E-state index in [0.717, 1.165) is 24.1 Å². The maximum absolute atomic E-state index is 11.9. The topological polar surface area (TPSA) is 79.2 Å². The number of aliphatic hydroxyl groups excluding tert-OH is 1. The molecule has 2 amide bonds. The Labute approximate surface area is 135 Å². The van der Waals surface area contributed by atoms with Gasteiger partial charge in [0.05, 0.1) is 17.8 Å². The molecule has 0 unspecified atom stereocenters. The van der Waals surface area contributed by atoms with Crippen LogP contribution in [0, 0.1) is 5.92 Å². The summed E-state index contributed by atoms with van der Waals surface area (Å²) >= 11 is 0. The van der Waals surface area contributed by atoms with E-state index in [9.17, 15) is 9.90 Å².